The van der Waals surface area contributed by atoms with Gasteiger partial charge in [-0.05, 0) is 124 Å². The van der Waals surface area contributed by atoms with E-state index >= 15 is 0 Å². The second kappa shape index (κ2) is 10.9. The van der Waals surface area contributed by atoms with Crippen LogP contribution < -0.4 is 0 Å². The molecule has 1 aromatic heterocycles. The van der Waals surface area contributed by atoms with Gasteiger partial charge in [0, 0.05) is 10.8 Å². The fraction of sp³-hybridized carbons (Fsp3) is 0. The summed E-state index contributed by atoms with van der Waals surface area (Å²) in [4.78, 5) is 0. The minimum atomic E-state index is 0.912. The molecule has 0 bridgehead atoms. The summed E-state index contributed by atoms with van der Waals surface area (Å²) in [7, 11) is 0. The van der Waals surface area contributed by atoms with Gasteiger partial charge < -0.3 is 4.42 Å². The number of rotatable bonds is 3. The molecule has 0 spiro atoms. The van der Waals surface area contributed by atoms with Crippen molar-refractivity contribution >= 4 is 75.8 Å². The Morgan fingerprint density at radius 2 is 0.765 bits per heavy atom. The van der Waals surface area contributed by atoms with Gasteiger partial charge in [-0.3, -0.25) is 0 Å². The Morgan fingerprint density at radius 1 is 0.255 bits per heavy atom. The average molecular weight is 647 g/mol. The predicted molar refractivity (Wildman–Crippen MR) is 218 cm³/mol. The van der Waals surface area contributed by atoms with E-state index in [0.717, 1.165) is 21.9 Å². The molecule has 0 saturated heterocycles. The van der Waals surface area contributed by atoms with Crippen molar-refractivity contribution in [2.75, 3.05) is 0 Å². The molecule has 11 aromatic rings. The first-order chi connectivity index (χ1) is 25.3. The third kappa shape index (κ3) is 4.28. The first kappa shape index (κ1) is 28.2. The van der Waals surface area contributed by atoms with Crippen LogP contribution in [-0.4, -0.2) is 0 Å². The van der Waals surface area contributed by atoms with Gasteiger partial charge in [0.15, 0.2) is 0 Å². The molecule has 1 heteroatoms. The summed E-state index contributed by atoms with van der Waals surface area (Å²) in [5, 5.41) is 14.9. The maximum Gasteiger partial charge on any atom is 0.135 e. The minimum Gasteiger partial charge on any atom is -0.456 e. The molecule has 11 rings (SSSR count). The molecule has 0 aliphatic rings. The Hall–Kier alpha value is -6.70. The van der Waals surface area contributed by atoms with Crippen LogP contribution in [-0.2, 0) is 0 Å². The van der Waals surface area contributed by atoms with E-state index in [0.29, 0.717) is 0 Å². The van der Waals surface area contributed by atoms with E-state index in [4.69, 9.17) is 4.42 Å². The number of benzene rings is 10. The average Bonchev–Trinajstić information content (AvgIpc) is 3.57. The summed E-state index contributed by atoms with van der Waals surface area (Å²) in [6.45, 7) is 0. The van der Waals surface area contributed by atoms with Gasteiger partial charge in [-0.1, -0.05) is 146 Å². The molecule has 0 fully saturated rings. The van der Waals surface area contributed by atoms with Crippen LogP contribution in [0.1, 0.15) is 0 Å². The lowest BCUT2D eigenvalue weighted by Gasteiger charge is -2.20. The molecule has 10 aromatic carbocycles. The summed E-state index contributed by atoms with van der Waals surface area (Å²) in [5.41, 5.74) is 9.21. The molecular weight excluding hydrogens is 617 g/mol. The fourth-order valence-corrected chi connectivity index (χ4v) is 8.49. The first-order valence-corrected chi connectivity index (χ1v) is 17.6. The normalized spacial score (nSPS) is 11.9. The summed E-state index contributed by atoms with van der Waals surface area (Å²) >= 11 is 0. The summed E-state index contributed by atoms with van der Waals surface area (Å²) < 4.78 is 6.19. The third-order valence-electron chi connectivity index (χ3n) is 10.8. The van der Waals surface area contributed by atoms with Gasteiger partial charge in [0.1, 0.15) is 11.2 Å². The van der Waals surface area contributed by atoms with Crippen molar-refractivity contribution in [2.45, 2.75) is 0 Å². The Bertz CT molecular complexity index is 3140. The zero-order valence-electron chi connectivity index (χ0n) is 27.7. The molecule has 0 aliphatic carbocycles. The second-order valence-electron chi connectivity index (χ2n) is 13.6. The van der Waals surface area contributed by atoms with Crippen LogP contribution in [0.5, 0.6) is 0 Å². The van der Waals surface area contributed by atoms with Crippen molar-refractivity contribution < 1.29 is 4.42 Å². The van der Waals surface area contributed by atoms with Gasteiger partial charge in [-0.15, -0.1) is 0 Å². The Kier molecular flexibility index (Phi) is 6.02. The van der Waals surface area contributed by atoms with E-state index in [9.17, 15) is 0 Å². The molecule has 0 amide bonds. The van der Waals surface area contributed by atoms with Gasteiger partial charge in [-0.2, -0.15) is 0 Å². The van der Waals surface area contributed by atoms with Crippen LogP contribution in [0.2, 0.25) is 0 Å². The third-order valence-corrected chi connectivity index (χ3v) is 10.8. The van der Waals surface area contributed by atoms with Crippen molar-refractivity contribution in [2.24, 2.45) is 0 Å². The van der Waals surface area contributed by atoms with Crippen molar-refractivity contribution in [1.82, 2.24) is 0 Å². The van der Waals surface area contributed by atoms with Crippen LogP contribution in [0.4, 0.5) is 0 Å². The number of hydrogen-bond donors (Lipinski definition) is 0. The monoisotopic (exact) mass is 646 g/mol. The Labute approximate surface area is 294 Å². The van der Waals surface area contributed by atoms with Crippen LogP contribution in [0.15, 0.2) is 186 Å². The molecular formula is C50H30O. The maximum absolute atomic E-state index is 6.19. The molecule has 51 heavy (non-hydrogen) atoms. The van der Waals surface area contributed by atoms with Gasteiger partial charge in [0.25, 0.3) is 0 Å². The van der Waals surface area contributed by atoms with Gasteiger partial charge in [-0.25, -0.2) is 0 Å². The highest BCUT2D eigenvalue weighted by Crippen LogP contribution is 2.47. The lowest BCUT2D eigenvalue weighted by atomic mass is 9.83. The maximum atomic E-state index is 6.19. The van der Waals surface area contributed by atoms with E-state index in [1.54, 1.807) is 0 Å². The zero-order chi connectivity index (χ0) is 33.5. The number of furan rings is 1. The molecule has 1 nitrogen and oxygen atoms in total. The molecule has 0 aliphatic heterocycles. The van der Waals surface area contributed by atoms with Crippen molar-refractivity contribution in [3.8, 4) is 33.4 Å². The van der Waals surface area contributed by atoms with Crippen molar-refractivity contribution in [1.29, 1.82) is 0 Å². The smallest absolute Gasteiger partial charge is 0.135 e. The largest absolute Gasteiger partial charge is 0.456 e. The molecule has 1 heterocycles. The number of hydrogen-bond acceptors (Lipinski definition) is 1. The lowest BCUT2D eigenvalue weighted by molar-refractivity contribution is 0.669. The van der Waals surface area contributed by atoms with Crippen molar-refractivity contribution in [3.05, 3.63) is 182 Å². The van der Waals surface area contributed by atoms with E-state index < -0.39 is 0 Å². The molecule has 0 atom stereocenters. The van der Waals surface area contributed by atoms with Crippen LogP contribution >= 0.6 is 0 Å². The standard InChI is InChI=1S/C50H30O/c1-3-13-37-31(11-1)21-22-34-27-35(23-25-39(34)37)49-41-16-5-7-18-43(41)50(44-19-8-6-17-42(44)49)46-30-36(28-33-12-2-4-14-38(33)46)32-24-26-48-45(29-32)40-15-9-10-20-47(40)51-48/h1-30H. The fourth-order valence-electron chi connectivity index (χ4n) is 8.49. The SMILES string of the molecule is c1ccc2c(-c3c4ccccc4c(-c4ccc5c(ccc6ccccc65)c4)c4ccccc34)cc(-c3ccc4oc5ccccc5c4c3)cc2c1. The van der Waals surface area contributed by atoms with Crippen LogP contribution in [0.3, 0.4) is 0 Å². The second-order valence-corrected chi connectivity index (χ2v) is 13.6. The Balaban J connectivity index is 1.19. The molecule has 0 unspecified atom stereocenters. The van der Waals surface area contributed by atoms with Gasteiger partial charge in [0.05, 0.1) is 0 Å². The highest BCUT2D eigenvalue weighted by molar-refractivity contribution is 6.24. The lowest BCUT2D eigenvalue weighted by Crippen LogP contribution is -1.92. The van der Waals surface area contributed by atoms with Crippen LogP contribution in [0.25, 0.3) is 109 Å². The molecule has 0 radical (unpaired) electrons. The first-order valence-electron chi connectivity index (χ1n) is 17.6. The number of para-hydroxylation sites is 1. The summed E-state index contributed by atoms with van der Waals surface area (Å²) in [6.07, 6.45) is 0. The van der Waals surface area contributed by atoms with Crippen LogP contribution in [0, 0.1) is 0 Å². The van der Waals surface area contributed by atoms with Gasteiger partial charge >= 0.3 is 0 Å². The van der Waals surface area contributed by atoms with E-state index in [-0.39, 0.29) is 0 Å². The highest BCUT2D eigenvalue weighted by Gasteiger charge is 2.19. The number of fused-ring (bicyclic) bond motifs is 9. The zero-order valence-corrected chi connectivity index (χ0v) is 27.7. The van der Waals surface area contributed by atoms with E-state index in [1.165, 1.54) is 87.2 Å². The van der Waals surface area contributed by atoms with E-state index in [2.05, 4.69) is 170 Å². The molecule has 0 N–H and O–H groups in total. The minimum absolute atomic E-state index is 0.912. The molecule has 236 valence electrons. The van der Waals surface area contributed by atoms with Crippen molar-refractivity contribution in [3.63, 3.8) is 0 Å². The quantitative estimate of drug-likeness (QED) is 0.138. The highest BCUT2D eigenvalue weighted by atomic mass is 16.3. The topological polar surface area (TPSA) is 13.1 Å². The Morgan fingerprint density at radius 3 is 1.53 bits per heavy atom. The molecule has 0 saturated carbocycles. The summed E-state index contributed by atoms with van der Waals surface area (Å²) in [6, 6.07) is 66.6. The van der Waals surface area contributed by atoms with E-state index in [1.807, 2.05) is 12.1 Å². The van der Waals surface area contributed by atoms with Gasteiger partial charge in [0.2, 0.25) is 0 Å². The summed E-state index contributed by atoms with van der Waals surface area (Å²) in [5.74, 6) is 0. The predicted octanol–water partition coefficient (Wildman–Crippen LogP) is 14.4.